The van der Waals surface area contributed by atoms with Crippen LogP contribution in [0.1, 0.15) is 28.8 Å². The average Bonchev–Trinajstić information content (AvgIpc) is 2.78. The van der Waals surface area contributed by atoms with E-state index in [1.54, 1.807) is 4.57 Å². The summed E-state index contributed by atoms with van der Waals surface area (Å²) >= 11 is 3.50. The number of ether oxygens (including phenoxy) is 1. The fraction of sp³-hybridized carbons (Fsp3) is 0.286. The van der Waals surface area contributed by atoms with Crippen LogP contribution in [0.2, 0.25) is 0 Å². The fourth-order valence-corrected chi connectivity index (χ4v) is 2.34. The van der Waals surface area contributed by atoms with Crippen LogP contribution in [0.5, 0.6) is 0 Å². The minimum absolute atomic E-state index is 0.154. The van der Waals surface area contributed by atoms with E-state index >= 15 is 0 Å². The van der Waals surface area contributed by atoms with Gasteiger partial charge < -0.3 is 10.5 Å². The molecule has 0 radical (unpaired) electrons. The monoisotopic (exact) mass is 337 g/mol. The zero-order valence-electron chi connectivity index (χ0n) is 11.6. The average molecular weight is 338 g/mol. The molecule has 20 heavy (non-hydrogen) atoms. The molecule has 106 valence electrons. The van der Waals surface area contributed by atoms with E-state index in [4.69, 9.17) is 10.5 Å². The molecule has 6 heteroatoms. The summed E-state index contributed by atoms with van der Waals surface area (Å²) < 4.78 is 7.46. The predicted molar refractivity (Wildman–Crippen MR) is 81.1 cm³/mol. The fourth-order valence-electron chi connectivity index (χ4n) is 1.97. The lowest BCUT2D eigenvalue weighted by atomic mass is 10.2. The van der Waals surface area contributed by atoms with Gasteiger partial charge in [-0.3, -0.25) is 4.57 Å². The quantitative estimate of drug-likeness (QED) is 0.874. The molecule has 0 unspecified atom stereocenters. The molecule has 1 aromatic carbocycles. The van der Waals surface area contributed by atoms with E-state index in [9.17, 15) is 4.79 Å². The number of nitrogens with two attached hydrogens (primary N) is 1. The van der Waals surface area contributed by atoms with Crippen molar-refractivity contribution >= 4 is 27.7 Å². The third kappa shape index (κ3) is 2.43. The lowest BCUT2D eigenvalue weighted by molar-refractivity contribution is 0.0596. The van der Waals surface area contributed by atoms with Crippen molar-refractivity contribution in [3.8, 4) is 5.69 Å². The van der Waals surface area contributed by atoms with Crippen LogP contribution in [-0.2, 0) is 11.2 Å². The number of nitrogens with zero attached hydrogens (tertiary/aromatic N) is 2. The van der Waals surface area contributed by atoms with Crippen LogP contribution in [0.25, 0.3) is 5.69 Å². The van der Waals surface area contributed by atoms with Gasteiger partial charge in [-0.15, -0.1) is 0 Å². The molecule has 0 aliphatic carbocycles. The van der Waals surface area contributed by atoms with E-state index in [1.165, 1.54) is 7.11 Å². The topological polar surface area (TPSA) is 70.1 Å². The number of esters is 1. The zero-order valence-corrected chi connectivity index (χ0v) is 13.2. The SMILES string of the molecule is CCc1nc(C(=O)OC)c(N)n1-c1ccc(C)c(Br)c1. The lowest BCUT2D eigenvalue weighted by Crippen LogP contribution is -2.08. The first kappa shape index (κ1) is 14.6. The molecule has 0 bridgehead atoms. The number of anilines is 1. The molecular formula is C14H16BrN3O2. The smallest absolute Gasteiger partial charge is 0.360 e. The van der Waals surface area contributed by atoms with E-state index in [2.05, 4.69) is 20.9 Å². The van der Waals surface area contributed by atoms with Crippen molar-refractivity contribution in [3.05, 3.63) is 39.8 Å². The molecule has 0 spiro atoms. The summed E-state index contributed by atoms with van der Waals surface area (Å²) in [5, 5.41) is 0. The number of halogens is 1. The highest BCUT2D eigenvalue weighted by Gasteiger charge is 2.21. The Labute approximate surface area is 125 Å². The summed E-state index contributed by atoms with van der Waals surface area (Å²) in [4.78, 5) is 16.0. The summed E-state index contributed by atoms with van der Waals surface area (Å²) in [5.41, 5.74) is 8.20. The van der Waals surface area contributed by atoms with Crippen molar-refractivity contribution in [2.45, 2.75) is 20.3 Å². The summed E-state index contributed by atoms with van der Waals surface area (Å²) in [7, 11) is 1.31. The second kappa shape index (κ2) is 5.66. The van der Waals surface area contributed by atoms with Gasteiger partial charge in [-0.1, -0.05) is 28.9 Å². The van der Waals surface area contributed by atoms with Crippen molar-refractivity contribution in [1.82, 2.24) is 9.55 Å². The van der Waals surface area contributed by atoms with Crippen molar-refractivity contribution in [1.29, 1.82) is 0 Å². The van der Waals surface area contributed by atoms with E-state index in [0.29, 0.717) is 12.2 Å². The van der Waals surface area contributed by atoms with Gasteiger partial charge in [-0.05, 0) is 24.6 Å². The molecule has 0 saturated heterocycles. The summed E-state index contributed by atoms with van der Waals surface area (Å²) in [5.74, 6) is 0.491. The van der Waals surface area contributed by atoms with Gasteiger partial charge in [0, 0.05) is 16.6 Å². The van der Waals surface area contributed by atoms with Crippen LogP contribution in [0.15, 0.2) is 22.7 Å². The molecule has 1 aromatic heterocycles. The lowest BCUT2D eigenvalue weighted by Gasteiger charge is -2.10. The first-order valence-corrected chi connectivity index (χ1v) is 7.00. The Morgan fingerprint density at radius 3 is 2.75 bits per heavy atom. The number of hydrogen-bond donors (Lipinski definition) is 1. The standard InChI is InChI=1S/C14H16BrN3O2/c1-4-11-17-12(14(19)20-3)13(16)18(11)9-6-5-8(2)10(15)7-9/h5-7H,4,16H2,1-3H3. The van der Waals surface area contributed by atoms with E-state index in [1.807, 2.05) is 32.0 Å². The molecule has 0 saturated carbocycles. The van der Waals surface area contributed by atoms with E-state index in [-0.39, 0.29) is 5.69 Å². The van der Waals surface area contributed by atoms with Crippen LogP contribution in [0.4, 0.5) is 5.82 Å². The maximum Gasteiger partial charge on any atom is 0.360 e. The van der Waals surface area contributed by atoms with E-state index < -0.39 is 5.97 Å². The second-order valence-corrected chi connectivity index (χ2v) is 5.23. The van der Waals surface area contributed by atoms with Gasteiger partial charge in [-0.25, -0.2) is 9.78 Å². The number of carbonyl (C=O) groups excluding carboxylic acids is 1. The number of methoxy groups -OCH3 is 1. The Morgan fingerprint density at radius 1 is 1.50 bits per heavy atom. The van der Waals surface area contributed by atoms with Crippen molar-refractivity contribution in [3.63, 3.8) is 0 Å². The Bertz CT molecular complexity index is 665. The van der Waals surface area contributed by atoms with Gasteiger partial charge >= 0.3 is 5.97 Å². The van der Waals surface area contributed by atoms with Crippen LogP contribution >= 0.6 is 15.9 Å². The van der Waals surface area contributed by atoms with Gasteiger partial charge in [0.1, 0.15) is 11.6 Å². The Balaban J connectivity index is 2.63. The second-order valence-electron chi connectivity index (χ2n) is 4.38. The number of rotatable bonds is 3. The molecule has 0 aliphatic heterocycles. The molecule has 1 heterocycles. The molecule has 0 atom stereocenters. The highest BCUT2D eigenvalue weighted by molar-refractivity contribution is 9.10. The van der Waals surface area contributed by atoms with Gasteiger partial charge in [-0.2, -0.15) is 0 Å². The Hall–Kier alpha value is -1.82. The van der Waals surface area contributed by atoms with Crippen LogP contribution in [-0.4, -0.2) is 22.6 Å². The van der Waals surface area contributed by atoms with Crippen LogP contribution in [0.3, 0.4) is 0 Å². The summed E-state index contributed by atoms with van der Waals surface area (Å²) in [6, 6.07) is 5.88. The Kier molecular flexibility index (Phi) is 4.13. The first-order valence-electron chi connectivity index (χ1n) is 6.21. The number of imidazole rings is 1. The van der Waals surface area contributed by atoms with Gasteiger partial charge in [0.05, 0.1) is 7.11 Å². The first-order chi connectivity index (χ1) is 9.49. The molecule has 5 nitrogen and oxygen atoms in total. The minimum Gasteiger partial charge on any atom is -0.464 e. The van der Waals surface area contributed by atoms with Crippen molar-refractivity contribution in [2.24, 2.45) is 0 Å². The highest BCUT2D eigenvalue weighted by Crippen LogP contribution is 2.26. The third-order valence-electron chi connectivity index (χ3n) is 3.09. The normalized spacial score (nSPS) is 10.6. The maximum absolute atomic E-state index is 11.7. The third-order valence-corrected chi connectivity index (χ3v) is 3.95. The number of nitrogen functional groups attached to an aromatic ring is 1. The molecular weight excluding hydrogens is 322 g/mol. The molecule has 0 fully saturated rings. The molecule has 2 aromatic rings. The highest BCUT2D eigenvalue weighted by atomic mass is 79.9. The molecule has 2 rings (SSSR count). The number of hydrogen-bond acceptors (Lipinski definition) is 4. The van der Waals surface area contributed by atoms with Gasteiger partial charge in [0.15, 0.2) is 5.69 Å². The van der Waals surface area contributed by atoms with E-state index in [0.717, 1.165) is 21.5 Å². The zero-order chi connectivity index (χ0) is 14.9. The number of aromatic nitrogens is 2. The maximum atomic E-state index is 11.7. The molecule has 0 amide bonds. The van der Waals surface area contributed by atoms with Crippen molar-refractivity contribution < 1.29 is 9.53 Å². The van der Waals surface area contributed by atoms with Crippen molar-refractivity contribution in [2.75, 3.05) is 12.8 Å². The van der Waals surface area contributed by atoms with Crippen LogP contribution < -0.4 is 5.73 Å². The number of benzene rings is 1. The summed E-state index contributed by atoms with van der Waals surface area (Å²) in [6.07, 6.45) is 0.659. The molecule has 2 N–H and O–H groups in total. The Morgan fingerprint density at radius 2 is 2.20 bits per heavy atom. The number of carbonyl (C=O) groups is 1. The minimum atomic E-state index is -0.526. The van der Waals surface area contributed by atoms with Gasteiger partial charge in [0.2, 0.25) is 0 Å². The van der Waals surface area contributed by atoms with Gasteiger partial charge in [0.25, 0.3) is 0 Å². The summed E-state index contributed by atoms with van der Waals surface area (Å²) in [6.45, 7) is 3.97. The largest absolute Gasteiger partial charge is 0.464 e. The number of aryl methyl sites for hydroxylation is 2. The van der Waals surface area contributed by atoms with Crippen LogP contribution in [0, 0.1) is 6.92 Å². The molecule has 0 aliphatic rings. The predicted octanol–water partition coefficient (Wildman–Crippen LogP) is 2.87.